The summed E-state index contributed by atoms with van der Waals surface area (Å²) >= 11 is 0. The third-order valence-electron chi connectivity index (χ3n) is 6.53. The number of nitrogens with two attached hydrogens (primary N) is 1. The van der Waals surface area contributed by atoms with Crippen LogP contribution in [0.5, 0.6) is 0 Å². The molecule has 2 aliphatic rings. The van der Waals surface area contributed by atoms with Crippen molar-refractivity contribution in [3.63, 3.8) is 0 Å². The molecule has 0 spiro atoms. The van der Waals surface area contributed by atoms with Gasteiger partial charge < -0.3 is 16.0 Å². The number of hydrogen-bond acceptors (Lipinski definition) is 3. The molecule has 3 N–H and O–H groups in total. The fourth-order valence-corrected chi connectivity index (χ4v) is 4.69. The zero-order valence-electron chi connectivity index (χ0n) is 17.1. The summed E-state index contributed by atoms with van der Waals surface area (Å²) in [4.78, 5) is 28.2. The number of halogens is 1. The first kappa shape index (κ1) is 20.8. The van der Waals surface area contributed by atoms with E-state index in [9.17, 15) is 14.0 Å². The molecule has 1 aromatic rings. The molecule has 28 heavy (non-hydrogen) atoms. The van der Waals surface area contributed by atoms with Gasteiger partial charge in [-0.3, -0.25) is 9.59 Å². The highest BCUT2D eigenvalue weighted by atomic mass is 19.1. The summed E-state index contributed by atoms with van der Waals surface area (Å²) in [6, 6.07) is 5.49. The van der Waals surface area contributed by atoms with E-state index in [1.807, 2.05) is 19.9 Å². The maximum atomic E-state index is 13.9. The Bertz CT molecular complexity index is 728. The van der Waals surface area contributed by atoms with Crippen molar-refractivity contribution in [1.82, 2.24) is 10.2 Å². The number of nitrogens with one attached hydrogen (secondary N) is 1. The number of benzene rings is 1. The number of hydrogen-bond donors (Lipinski definition) is 2. The van der Waals surface area contributed by atoms with Crippen molar-refractivity contribution in [3.8, 4) is 0 Å². The van der Waals surface area contributed by atoms with E-state index in [-0.39, 0.29) is 35.8 Å². The number of amides is 2. The van der Waals surface area contributed by atoms with Crippen LogP contribution in [0.3, 0.4) is 0 Å². The van der Waals surface area contributed by atoms with Gasteiger partial charge in [-0.05, 0) is 63.1 Å². The second-order valence-electron chi connectivity index (χ2n) is 8.31. The first-order valence-corrected chi connectivity index (χ1v) is 10.5. The second kappa shape index (κ2) is 8.19. The molecule has 6 heteroatoms. The van der Waals surface area contributed by atoms with Crippen molar-refractivity contribution in [2.45, 2.75) is 83.5 Å². The van der Waals surface area contributed by atoms with Crippen LogP contribution in [0.2, 0.25) is 0 Å². The molecule has 0 unspecified atom stereocenters. The predicted molar refractivity (Wildman–Crippen MR) is 107 cm³/mol. The first-order chi connectivity index (χ1) is 13.3. The van der Waals surface area contributed by atoms with Gasteiger partial charge in [0.1, 0.15) is 5.82 Å². The molecule has 1 aliphatic heterocycles. The summed E-state index contributed by atoms with van der Waals surface area (Å²) in [5.74, 6) is -0.465. The number of carbonyl (C=O) groups excluding carboxylic acids is 2. The van der Waals surface area contributed by atoms with E-state index in [0.717, 1.165) is 18.4 Å². The number of likely N-dealkylation sites (tertiary alicyclic amines) is 1. The standard InChI is InChI=1S/C22H32FN3O2/c1-4-22(5-2,21(28)25-17-9-10-17)19-12-11-18(26(19)20(27)14(3)24)15-7-6-8-16(23)13-15/h6-8,13-14,17-19H,4-5,9-12,24H2,1-3H3,(H,25,28)/t14-,18+,19-/m1/s1. The second-order valence-corrected chi connectivity index (χ2v) is 8.31. The fraction of sp³-hybridized carbons (Fsp3) is 0.636. The number of carbonyl (C=O) groups is 2. The van der Waals surface area contributed by atoms with E-state index in [1.54, 1.807) is 17.9 Å². The molecule has 0 aromatic heterocycles. The average molecular weight is 390 g/mol. The Labute approximate surface area is 166 Å². The summed E-state index contributed by atoms with van der Waals surface area (Å²) in [6.07, 6.45) is 4.74. The fourth-order valence-electron chi connectivity index (χ4n) is 4.69. The van der Waals surface area contributed by atoms with Gasteiger partial charge in [0.2, 0.25) is 11.8 Å². The van der Waals surface area contributed by atoms with E-state index < -0.39 is 11.5 Å². The molecule has 0 radical (unpaired) electrons. The molecular weight excluding hydrogens is 357 g/mol. The minimum atomic E-state index is -0.672. The van der Waals surface area contributed by atoms with Gasteiger partial charge in [-0.1, -0.05) is 26.0 Å². The third-order valence-corrected chi connectivity index (χ3v) is 6.53. The molecule has 1 aliphatic carbocycles. The lowest BCUT2D eigenvalue weighted by Gasteiger charge is -2.43. The molecule has 5 nitrogen and oxygen atoms in total. The van der Waals surface area contributed by atoms with Crippen molar-refractivity contribution in [3.05, 3.63) is 35.6 Å². The van der Waals surface area contributed by atoms with Crippen LogP contribution in [0.25, 0.3) is 0 Å². The molecule has 1 saturated heterocycles. The average Bonchev–Trinajstić information content (AvgIpc) is 3.37. The monoisotopic (exact) mass is 389 g/mol. The van der Waals surface area contributed by atoms with Crippen LogP contribution >= 0.6 is 0 Å². The summed E-state index contributed by atoms with van der Waals surface area (Å²) in [6.45, 7) is 5.70. The minimum Gasteiger partial charge on any atom is -0.353 e. The molecule has 2 fully saturated rings. The Hall–Kier alpha value is -1.95. The van der Waals surface area contributed by atoms with Gasteiger partial charge in [-0.25, -0.2) is 4.39 Å². The van der Waals surface area contributed by atoms with Crippen LogP contribution in [0.15, 0.2) is 24.3 Å². The smallest absolute Gasteiger partial charge is 0.239 e. The SMILES string of the molecule is CCC(CC)(C(=O)NC1CC1)[C@H]1CC[C@@H](c2cccc(F)c2)N1C(=O)[C@@H](C)N. The molecule has 1 heterocycles. The van der Waals surface area contributed by atoms with Crippen LogP contribution in [-0.4, -0.2) is 34.8 Å². The van der Waals surface area contributed by atoms with Crippen LogP contribution in [0.1, 0.15) is 70.9 Å². The summed E-state index contributed by atoms with van der Waals surface area (Å²) in [5, 5.41) is 3.16. The number of rotatable bonds is 7. The summed E-state index contributed by atoms with van der Waals surface area (Å²) in [7, 11) is 0. The van der Waals surface area contributed by atoms with Crippen LogP contribution < -0.4 is 11.1 Å². The Morgan fingerprint density at radius 2 is 1.93 bits per heavy atom. The lowest BCUT2D eigenvalue weighted by molar-refractivity contribution is -0.144. The predicted octanol–water partition coefficient (Wildman–Crippen LogP) is 3.29. The van der Waals surface area contributed by atoms with Crippen molar-refractivity contribution in [2.75, 3.05) is 0 Å². The van der Waals surface area contributed by atoms with E-state index in [2.05, 4.69) is 5.32 Å². The minimum absolute atomic E-state index is 0.0346. The Morgan fingerprint density at radius 1 is 1.25 bits per heavy atom. The Kier molecular flexibility index (Phi) is 6.08. The largest absolute Gasteiger partial charge is 0.353 e. The van der Waals surface area contributed by atoms with E-state index in [1.165, 1.54) is 12.1 Å². The molecule has 1 saturated carbocycles. The highest BCUT2D eigenvalue weighted by Gasteiger charge is 2.52. The molecule has 3 rings (SSSR count). The highest BCUT2D eigenvalue weighted by Crippen LogP contribution is 2.47. The lowest BCUT2D eigenvalue weighted by atomic mass is 9.73. The maximum Gasteiger partial charge on any atom is 0.239 e. The maximum absolute atomic E-state index is 13.9. The third kappa shape index (κ3) is 3.79. The van der Waals surface area contributed by atoms with Crippen LogP contribution in [0, 0.1) is 11.2 Å². The lowest BCUT2D eigenvalue weighted by Crippen LogP contribution is -2.57. The van der Waals surface area contributed by atoms with Gasteiger partial charge in [0, 0.05) is 12.1 Å². The Morgan fingerprint density at radius 3 is 2.46 bits per heavy atom. The quantitative estimate of drug-likeness (QED) is 0.751. The van der Waals surface area contributed by atoms with Crippen LogP contribution in [-0.2, 0) is 9.59 Å². The molecule has 3 atom stereocenters. The van der Waals surface area contributed by atoms with E-state index in [4.69, 9.17) is 5.73 Å². The van der Waals surface area contributed by atoms with Gasteiger partial charge in [0.05, 0.1) is 17.5 Å². The van der Waals surface area contributed by atoms with Crippen molar-refractivity contribution in [2.24, 2.45) is 11.1 Å². The summed E-state index contributed by atoms with van der Waals surface area (Å²) < 4.78 is 13.9. The van der Waals surface area contributed by atoms with Gasteiger partial charge in [0.15, 0.2) is 0 Å². The molecule has 1 aromatic carbocycles. The number of nitrogens with zero attached hydrogens (tertiary/aromatic N) is 1. The van der Waals surface area contributed by atoms with Crippen molar-refractivity contribution < 1.29 is 14.0 Å². The molecule has 154 valence electrons. The van der Waals surface area contributed by atoms with Gasteiger partial charge >= 0.3 is 0 Å². The molecule has 0 bridgehead atoms. The molecular formula is C22H32FN3O2. The van der Waals surface area contributed by atoms with E-state index in [0.29, 0.717) is 25.7 Å². The van der Waals surface area contributed by atoms with Gasteiger partial charge in [-0.15, -0.1) is 0 Å². The van der Waals surface area contributed by atoms with Gasteiger partial charge in [-0.2, -0.15) is 0 Å². The Balaban J connectivity index is 1.99. The summed E-state index contributed by atoms with van der Waals surface area (Å²) in [5.41, 5.74) is 6.08. The zero-order valence-corrected chi connectivity index (χ0v) is 17.1. The van der Waals surface area contributed by atoms with Gasteiger partial charge in [0.25, 0.3) is 0 Å². The van der Waals surface area contributed by atoms with Crippen molar-refractivity contribution in [1.29, 1.82) is 0 Å². The highest BCUT2D eigenvalue weighted by molar-refractivity contribution is 5.87. The van der Waals surface area contributed by atoms with E-state index >= 15 is 0 Å². The first-order valence-electron chi connectivity index (χ1n) is 10.5. The topological polar surface area (TPSA) is 75.4 Å². The normalized spacial score (nSPS) is 23.5. The van der Waals surface area contributed by atoms with Crippen molar-refractivity contribution >= 4 is 11.8 Å². The molecule has 2 amide bonds. The zero-order chi connectivity index (χ0) is 20.5. The van der Waals surface area contributed by atoms with Crippen LogP contribution in [0.4, 0.5) is 4.39 Å².